The van der Waals surface area contributed by atoms with Crippen molar-refractivity contribution in [1.82, 2.24) is 19.7 Å². The third-order valence-corrected chi connectivity index (χ3v) is 5.80. The lowest BCUT2D eigenvalue weighted by atomic mass is 9.99. The van der Waals surface area contributed by atoms with Crippen molar-refractivity contribution in [2.45, 2.75) is 19.8 Å². The second-order valence-electron chi connectivity index (χ2n) is 7.99. The maximum absolute atomic E-state index is 13.0. The Kier molecular flexibility index (Phi) is 6.25. The molecule has 9 heteroatoms. The first kappa shape index (κ1) is 21.6. The largest absolute Gasteiger partial charge is 0.497 e. The van der Waals surface area contributed by atoms with E-state index in [9.17, 15) is 4.79 Å². The van der Waals surface area contributed by atoms with E-state index in [-0.39, 0.29) is 5.91 Å². The molecule has 2 aromatic heterocycles. The summed E-state index contributed by atoms with van der Waals surface area (Å²) in [7, 11) is 4.92. The monoisotopic (exact) mass is 436 g/mol. The summed E-state index contributed by atoms with van der Waals surface area (Å²) in [6, 6.07) is 9.00. The van der Waals surface area contributed by atoms with Gasteiger partial charge in [-0.1, -0.05) is 6.92 Å². The topological polar surface area (TPSA) is 94.4 Å². The third kappa shape index (κ3) is 4.51. The molecule has 0 aliphatic carbocycles. The van der Waals surface area contributed by atoms with Crippen molar-refractivity contribution in [2.75, 3.05) is 37.5 Å². The van der Waals surface area contributed by atoms with Gasteiger partial charge in [-0.3, -0.25) is 9.48 Å². The number of anilines is 2. The quantitative estimate of drug-likeness (QED) is 0.633. The van der Waals surface area contributed by atoms with Gasteiger partial charge >= 0.3 is 0 Å². The summed E-state index contributed by atoms with van der Waals surface area (Å²) in [4.78, 5) is 23.8. The van der Waals surface area contributed by atoms with Gasteiger partial charge in [0.15, 0.2) is 0 Å². The molecule has 1 saturated heterocycles. The average molecular weight is 437 g/mol. The molecule has 9 nitrogen and oxygen atoms in total. The van der Waals surface area contributed by atoms with Gasteiger partial charge in [0, 0.05) is 31.8 Å². The van der Waals surface area contributed by atoms with Crippen LogP contribution in [0.3, 0.4) is 0 Å². The Morgan fingerprint density at radius 2 is 1.88 bits per heavy atom. The lowest BCUT2D eigenvalue weighted by Crippen LogP contribution is -2.33. The Morgan fingerprint density at radius 1 is 1.09 bits per heavy atom. The van der Waals surface area contributed by atoms with Crippen LogP contribution in [-0.4, -0.2) is 53.0 Å². The van der Waals surface area contributed by atoms with Crippen molar-refractivity contribution >= 4 is 17.5 Å². The SMILES string of the molecule is COc1ccc(OC)c(-c2cc(C(=O)Nc3cc(N4CCC(C)CC4)ncn3)n(C)n2)c1. The van der Waals surface area contributed by atoms with Gasteiger partial charge in [0.2, 0.25) is 0 Å². The van der Waals surface area contributed by atoms with E-state index in [2.05, 4.69) is 32.2 Å². The highest BCUT2D eigenvalue weighted by atomic mass is 16.5. The molecule has 32 heavy (non-hydrogen) atoms. The second-order valence-corrected chi connectivity index (χ2v) is 7.99. The molecule has 0 saturated carbocycles. The molecule has 1 N–H and O–H groups in total. The molecular formula is C23H28N6O3. The Hall–Kier alpha value is -3.62. The van der Waals surface area contributed by atoms with Crippen LogP contribution < -0.4 is 19.7 Å². The van der Waals surface area contributed by atoms with Crippen molar-refractivity contribution in [2.24, 2.45) is 13.0 Å². The number of methoxy groups -OCH3 is 2. The molecular weight excluding hydrogens is 408 g/mol. The van der Waals surface area contributed by atoms with Gasteiger partial charge < -0.3 is 19.7 Å². The molecule has 0 unspecified atom stereocenters. The Labute approximate surface area is 187 Å². The van der Waals surface area contributed by atoms with Crippen LogP contribution >= 0.6 is 0 Å². The maximum Gasteiger partial charge on any atom is 0.275 e. The summed E-state index contributed by atoms with van der Waals surface area (Å²) in [5, 5.41) is 7.37. The first-order valence-corrected chi connectivity index (χ1v) is 10.6. The molecule has 4 rings (SSSR count). The summed E-state index contributed by atoms with van der Waals surface area (Å²) < 4.78 is 12.3. The van der Waals surface area contributed by atoms with Crippen molar-refractivity contribution in [1.29, 1.82) is 0 Å². The summed E-state index contributed by atoms with van der Waals surface area (Å²) in [6.07, 6.45) is 3.76. The van der Waals surface area contributed by atoms with Crippen LogP contribution in [-0.2, 0) is 7.05 Å². The molecule has 3 heterocycles. The normalized spacial score (nSPS) is 14.3. The summed E-state index contributed by atoms with van der Waals surface area (Å²) >= 11 is 0. The summed E-state index contributed by atoms with van der Waals surface area (Å²) in [5.74, 6) is 3.04. The number of piperidine rings is 1. The zero-order valence-corrected chi connectivity index (χ0v) is 18.8. The molecule has 168 valence electrons. The van der Waals surface area contributed by atoms with Crippen molar-refractivity contribution in [3.63, 3.8) is 0 Å². The molecule has 3 aromatic rings. The van der Waals surface area contributed by atoms with Gasteiger partial charge in [-0.2, -0.15) is 5.10 Å². The van der Waals surface area contributed by atoms with Gasteiger partial charge in [0.25, 0.3) is 5.91 Å². The van der Waals surface area contributed by atoms with Gasteiger partial charge in [0.05, 0.1) is 19.9 Å². The molecule has 1 fully saturated rings. The predicted octanol–water partition coefficient (Wildman–Crippen LogP) is 3.38. The summed E-state index contributed by atoms with van der Waals surface area (Å²) in [5.41, 5.74) is 1.75. The molecule has 0 bridgehead atoms. The number of hydrogen-bond donors (Lipinski definition) is 1. The molecule has 0 radical (unpaired) electrons. The van der Waals surface area contributed by atoms with Gasteiger partial charge in [0.1, 0.15) is 35.2 Å². The molecule has 1 aliphatic heterocycles. The zero-order chi connectivity index (χ0) is 22.7. The van der Waals surface area contributed by atoms with Crippen LogP contribution in [0.25, 0.3) is 11.3 Å². The minimum Gasteiger partial charge on any atom is -0.497 e. The van der Waals surface area contributed by atoms with Crippen molar-refractivity contribution in [3.8, 4) is 22.8 Å². The standard InChI is InChI=1S/C23H28N6O3/c1-15-7-9-29(10-8-15)22-13-21(24-14-25-22)26-23(30)19-12-18(27-28(19)2)17-11-16(31-3)5-6-20(17)32-4/h5-6,11-15H,7-10H2,1-4H3,(H,24,25,26,30). The fourth-order valence-electron chi connectivity index (χ4n) is 3.83. The van der Waals surface area contributed by atoms with Crippen molar-refractivity contribution < 1.29 is 14.3 Å². The number of nitrogens with one attached hydrogen (secondary N) is 1. The predicted molar refractivity (Wildman–Crippen MR) is 122 cm³/mol. The van der Waals surface area contributed by atoms with Crippen LogP contribution in [0.4, 0.5) is 11.6 Å². The minimum atomic E-state index is -0.301. The molecule has 1 amide bonds. The first-order valence-electron chi connectivity index (χ1n) is 10.6. The number of aromatic nitrogens is 4. The van der Waals surface area contributed by atoms with E-state index in [0.717, 1.165) is 43.2 Å². The van der Waals surface area contributed by atoms with Crippen molar-refractivity contribution in [3.05, 3.63) is 42.4 Å². The smallest absolute Gasteiger partial charge is 0.275 e. The van der Waals surface area contributed by atoms with E-state index in [4.69, 9.17) is 9.47 Å². The number of hydrogen-bond acceptors (Lipinski definition) is 7. The van der Waals surface area contributed by atoms with Gasteiger partial charge in [-0.25, -0.2) is 9.97 Å². The maximum atomic E-state index is 13.0. The van der Waals surface area contributed by atoms with E-state index in [1.807, 2.05) is 24.3 Å². The first-order chi connectivity index (χ1) is 15.5. The highest BCUT2D eigenvalue weighted by molar-refractivity contribution is 6.03. The molecule has 1 aromatic carbocycles. The lowest BCUT2D eigenvalue weighted by Gasteiger charge is -2.31. The highest BCUT2D eigenvalue weighted by Gasteiger charge is 2.20. The Balaban J connectivity index is 1.54. The minimum absolute atomic E-state index is 0.301. The number of carbonyl (C=O) groups is 1. The van der Waals surface area contributed by atoms with Crippen LogP contribution in [0.5, 0.6) is 11.5 Å². The van der Waals surface area contributed by atoms with E-state index in [0.29, 0.717) is 28.7 Å². The van der Waals surface area contributed by atoms with E-state index >= 15 is 0 Å². The number of ether oxygens (including phenoxy) is 2. The number of carbonyl (C=O) groups excluding carboxylic acids is 1. The lowest BCUT2D eigenvalue weighted by molar-refractivity contribution is 0.101. The van der Waals surface area contributed by atoms with Gasteiger partial charge in [-0.15, -0.1) is 0 Å². The number of benzene rings is 1. The number of aryl methyl sites for hydroxylation is 1. The molecule has 0 spiro atoms. The number of nitrogens with zero attached hydrogens (tertiary/aromatic N) is 5. The Morgan fingerprint density at radius 3 is 2.59 bits per heavy atom. The van der Waals surface area contributed by atoms with Crippen LogP contribution in [0.1, 0.15) is 30.3 Å². The average Bonchev–Trinajstić information content (AvgIpc) is 3.21. The van der Waals surface area contributed by atoms with E-state index in [1.165, 1.54) is 11.0 Å². The Bertz CT molecular complexity index is 1100. The summed E-state index contributed by atoms with van der Waals surface area (Å²) in [6.45, 7) is 4.18. The second kappa shape index (κ2) is 9.25. The highest BCUT2D eigenvalue weighted by Crippen LogP contribution is 2.33. The van der Waals surface area contributed by atoms with Gasteiger partial charge in [-0.05, 0) is 43.0 Å². The fraction of sp³-hybridized carbons (Fsp3) is 0.391. The fourth-order valence-corrected chi connectivity index (χ4v) is 3.83. The zero-order valence-electron chi connectivity index (χ0n) is 18.8. The van der Waals surface area contributed by atoms with E-state index < -0.39 is 0 Å². The van der Waals surface area contributed by atoms with Crippen LogP contribution in [0.2, 0.25) is 0 Å². The molecule has 0 atom stereocenters. The number of rotatable bonds is 6. The van der Waals surface area contributed by atoms with Crippen LogP contribution in [0, 0.1) is 5.92 Å². The van der Waals surface area contributed by atoms with E-state index in [1.54, 1.807) is 27.3 Å². The van der Waals surface area contributed by atoms with Crippen LogP contribution in [0.15, 0.2) is 36.7 Å². The third-order valence-electron chi connectivity index (χ3n) is 5.80. The molecule has 1 aliphatic rings. The number of amides is 1.